The summed E-state index contributed by atoms with van der Waals surface area (Å²) in [6.45, 7) is 2.74. The fourth-order valence-corrected chi connectivity index (χ4v) is 1.23. The summed E-state index contributed by atoms with van der Waals surface area (Å²) in [6, 6.07) is 5.93. The molecule has 0 aliphatic heterocycles. The second-order valence-corrected chi connectivity index (χ2v) is 3.06. The SMILES string of the molecule is Cc1cccc(N)c1C=CCCN. The first-order chi connectivity index (χ1) is 6.25. The summed E-state index contributed by atoms with van der Waals surface area (Å²) in [6.07, 6.45) is 4.99. The molecule has 0 amide bonds. The minimum absolute atomic E-state index is 0.683. The van der Waals surface area contributed by atoms with Crippen molar-refractivity contribution >= 4 is 11.8 Å². The first kappa shape index (κ1) is 9.81. The highest BCUT2D eigenvalue weighted by atomic mass is 14.6. The van der Waals surface area contributed by atoms with Gasteiger partial charge < -0.3 is 11.5 Å². The van der Waals surface area contributed by atoms with Crippen LogP contribution in [-0.2, 0) is 0 Å². The van der Waals surface area contributed by atoms with Crippen LogP contribution in [0.15, 0.2) is 24.3 Å². The van der Waals surface area contributed by atoms with Crippen LogP contribution in [0.3, 0.4) is 0 Å². The summed E-state index contributed by atoms with van der Waals surface area (Å²) in [5.74, 6) is 0. The maximum Gasteiger partial charge on any atom is 0.0390 e. The van der Waals surface area contributed by atoms with Crippen molar-refractivity contribution in [1.82, 2.24) is 0 Å². The fraction of sp³-hybridized carbons (Fsp3) is 0.273. The Labute approximate surface area is 79.2 Å². The van der Waals surface area contributed by atoms with Crippen molar-refractivity contribution in [2.45, 2.75) is 13.3 Å². The number of benzene rings is 1. The highest BCUT2D eigenvalue weighted by molar-refractivity contribution is 5.67. The molecule has 2 nitrogen and oxygen atoms in total. The van der Waals surface area contributed by atoms with Crippen molar-refractivity contribution in [3.05, 3.63) is 35.4 Å². The Morgan fingerprint density at radius 1 is 1.38 bits per heavy atom. The molecule has 13 heavy (non-hydrogen) atoms. The lowest BCUT2D eigenvalue weighted by Crippen LogP contribution is -1.95. The molecular weight excluding hydrogens is 160 g/mol. The number of anilines is 1. The van der Waals surface area contributed by atoms with Gasteiger partial charge in [0.25, 0.3) is 0 Å². The molecule has 0 radical (unpaired) electrons. The maximum absolute atomic E-state index is 5.82. The van der Waals surface area contributed by atoms with Crippen molar-refractivity contribution in [3.8, 4) is 0 Å². The van der Waals surface area contributed by atoms with Crippen molar-refractivity contribution < 1.29 is 0 Å². The first-order valence-electron chi connectivity index (χ1n) is 4.47. The fourth-order valence-electron chi connectivity index (χ4n) is 1.23. The molecule has 70 valence electrons. The summed E-state index contributed by atoms with van der Waals surface area (Å²) in [5, 5.41) is 0. The normalized spacial score (nSPS) is 10.9. The van der Waals surface area contributed by atoms with Gasteiger partial charge in [-0.25, -0.2) is 0 Å². The number of aryl methyl sites for hydroxylation is 1. The second-order valence-electron chi connectivity index (χ2n) is 3.06. The topological polar surface area (TPSA) is 52.0 Å². The molecule has 1 aromatic rings. The van der Waals surface area contributed by atoms with E-state index in [1.807, 2.05) is 18.2 Å². The van der Waals surface area contributed by atoms with Crippen LogP contribution < -0.4 is 11.5 Å². The van der Waals surface area contributed by atoms with E-state index in [2.05, 4.69) is 19.1 Å². The third-order valence-electron chi connectivity index (χ3n) is 1.98. The van der Waals surface area contributed by atoms with Gasteiger partial charge in [0.15, 0.2) is 0 Å². The minimum atomic E-state index is 0.683. The summed E-state index contributed by atoms with van der Waals surface area (Å²) >= 11 is 0. The lowest BCUT2D eigenvalue weighted by atomic mass is 10.1. The maximum atomic E-state index is 5.82. The molecule has 0 saturated carbocycles. The Bertz CT molecular complexity index is 283. The van der Waals surface area contributed by atoms with Crippen molar-refractivity contribution in [2.75, 3.05) is 12.3 Å². The van der Waals surface area contributed by atoms with Gasteiger partial charge in [-0.2, -0.15) is 0 Å². The van der Waals surface area contributed by atoms with Gasteiger partial charge in [0, 0.05) is 5.69 Å². The molecule has 0 unspecified atom stereocenters. The Morgan fingerprint density at radius 2 is 2.15 bits per heavy atom. The van der Waals surface area contributed by atoms with E-state index in [0.29, 0.717) is 6.54 Å². The van der Waals surface area contributed by atoms with E-state index in [4.69, 9.17) is 11.5 Å². The van der Waals surface area contributed by atoms with Gasteiger partial charge >= 0.3 is 0 Å². The number of hydrogen-bond donors (Lipinski definition) is 2. The Kier molecular flexibility index (Phi) is 3.53. The van der Waals surface area contributed by atoms with Crippen LogP contribution in [0.1, 0.15) is 17.5 Å². The van der Waals surface area contributed by atoms with E-state index in [1.54, 1.807) is 0 Å². The van der Waals surface area contributed by atoms with Gasteiger partial charge in [-0.05, 0) is 37.1 Å². The third-order valence-corrected chi connectivity index (χ3v) is 1.98. The lowest BCUT2D eigenvalue weighted by molar-refractivity contribution is 1.01. The molecule has 0 aliphatic carbocycles. The van der Waals surface area contributed by atoms with Crippen LogP contribution in [0.25, 0.3) is 6.08 Å². The number of nitrogen functional groups attached to an aromatic ring is 1. The number of nitrogens with two attached hydrogens (primary N) is 2. The quantitative estimate of drug-likeness (QED) is 0.691. The van der Waals surface area contributed by atoms with Crippen LogP contribution >= 0.6 is 0 Å². The average molecular weight is 176 g/mol. The largest absolute Gasteiger partial charge is 0.398 e. The van der Waals surface area contributed by atoms with Crippen molar-refractivity contribution in [2.24, 2.45) is 5.73 Å². The lowest BCUT2D eigenvalue weighted by Gasteiger charge is -2.03. The molecule has 0 heterocycles. The van der Waals surface area contributed by atoms with Gasteiger partial charge in [0.1, 0.15) is 0 Å². The van der Waals surface area contributed by atoms with E-state index in [1.165, 1.54) is 5.56 Å². The zero-order chi connectivity index (χ0) is 9.68. The summed E-state index contributed by atoms with van der Waals surface area (Å²) in [5.41, 5.74) is 14.3. The smallest absolute Gasteiger partial charge is 0.0390 e. The van der Waals surface area contributed by atoms with Crippen LogP contribution in [0.5, 0.6) is 0 Å². The molecule has 0 atom stereocenters. The highest BCUT2D eigenvalue weighted by Crippen LogP contribution is 2.17. The number of hydrogen-bond acceptors (Lipinski definition) is 2. The molecule has 0 aliphatic rings. The predicted octanol–water partition coefficient (Wildman–Crippen LogP) is 1.94. The van der Waals surface area contributed by atoms with Gasteiger partial charge in [-0.1, -0.05) is 24.3 Å². The van der Waals surface area contributed by atoms with Gasteiger partial charge in [-0.3, -0.25) is 0 Å². The zero-order valence-corrected chi connectivity index (χ0v) is 7.96. The summed E-state index contributed by atoms with van der Waals surface area (Å²) < 4.78 is 0. The van der Waals surface area contributed by atoms with Crippen LogP contribution in [-0.4, -0.2) is 6.54 Å². The predicted molar refractivity (Wildman–Crippen MR) is 58.3 cm³/mol. The molecular formula is C11H16N2. The minimum Gasteiger partial charge on any atom is -0.398 e. The van der Waals surface area contributed by atoms with Gasteiger partial charge in [0.05, 0.1) is 0 Å². The molecule has 0 bridgehead atoms. The summed E-state index contributed by atoms with van der Waals surface area (Å²) in [4.78, 5) is 0. The van der Waals surface area contributed by atoms with E-state index in [-0.39, 0.29) is 0 Å². The van der Waals surface area contributed by atoms with E-state index >= 15 is 0 Å². The van der Waals surface area contributed by atoms with Crippen LogP contribution in [0, 0.1) is 6.92 Å². The second kappa shape index (κ2) is 4.67. The molecule has 4 N–H and O–H groups in total. The van der Waals surface area contributed by atoms with E-state index in [9.17, 15) is 0 Å². The first-order valence-corrected chi connectivity index (χ1v) is 4.47. The molecule has 2 heteroatoms. The molecule has 1 aromatic carbocycles. The molecule has 1 rings (SSSR count). The van der Waals surface area contributed by atoms with E-state index in [0.717, 1.165) is 17.7 Å². The Morgan fingerprint density at radius 3 is 2.77 bits per heavy atom. The molecule has 0 spiro atoms. The monoisotopic (exact) mass is 176 g/mol. The van der Waals surface area contributed by atoms with Crippen LogP contribution in [0.4, 0.5) is 5.69 Å². The van der Waals surface area contributed by atoms with Crippen molar-refractivity contribution in [1.29, 1.82) is 0 Å². The zero-order valence-electron chi connectivity index (χ0n) is 7.96. The molecule has 0 saturated heterocycles. The Hall–Kier alpha value is -1.28. The highest BCUT2D eigenvalue weighted by Gasteiger charge is 1.96. The standard InChI is InChI=1S/C11H16N2/c1-9-5-4-7-11(13)10(9)6-2-3-8-12/h2,4-7H,3,8,12-13H2,1H3. The van der Waals surface area contributed by atoms with Crippen molar-refractivity contribution in [3.63, 3.8) is 0 Å². The molecule has 0 fully saturated rings. The number of rotatable bonds is 3. The van der Waals surface area contributed by atoms with E-state index < -0.39 is 0 Å². The summed E-state index contributed by atoms with van der Waals surface area (Å²) in [7, 11) is 0. The van der Waals surface area contributed by atoms with Crippen LogP contribution in [0.2, 0.25) is 0 Å². The Balaban J connectivity index is 2.87. The average Bonchev–Trinajstić information content (AvgIpc) is 2.10. The molecule has 0 aromatic heterocycles. The van der Waals surface area contributed by atoms with Gasteiger partial charge in [-0.15, -0.1) is 0 Å². The third kappa shape index (κ3) is 2.60. The van der Waals surface area contributed by atoms with Gasteiger partial charge in [0.2, 0.25) is 0 Å².